The highest BCUT2D eigenvalue weighted by atomic mass is 127. The van der Waals surface area contributed by atoms with Crippen LogP contribution in [0.25, 0.3) is 0 Å². The summed E-state index contributed by atoms with van der Waals surface area (Å²) >= 11 is 0. The number of hydrogen-bond donors (Lipinski definition) is 1. The Labute approximate surface area is 193 Å². The molecule has 0 aromatic heterocycles. The van der Waals surface area contributed by atoms with Crippen LogP contribution < -0.4 is 10.1 Å². The minimum Gasteiger partial charge on any atom is -0.497 e. The van der Waals surface area contributed by atoms with E-state index in [9.17, 15) is 0 Å². The van der Waals surface area contributed by atoms with E-state index < -0.39 is 0 Å². The fraction of sp³-hybridized carbons (Fsp3) is 0.682. The van der Waals surface area contributed by atoms with Crippen molar-refractivity contribution in [2.45, 2.75) is 38.1 Å². The van der Waals surface area contributed by atoms with E-state index in [0.717, 1.165) is 51.0 Å². The molecule has 6 nitrogen and oxygen atoms in total. The van der Waals surface area contributed by atoms with Gasteiger partial charge in [0.2, 0.25) is 0 Å². The van der Waals surface area contributed by atoms with Gasteiger partial charge in [0.1, 0.15) is 5.75 Å². The van der Waals surface area contributed by atoms with Gasteiger partial charge >= 0.3 is 0 Å². The molecule has 2 fully saturated rings. The van der Waals surface area contributed by atoms with Crippen LogP contribution in [0, 0.1) is 0 Å². The smallest absolute Gasteiger partial charge is 0.193 e. The number of halogens is 1. The van der Waals surface area contributed by atoms with Crippen LogP contribution in [-0.2, 0) is 4.74 Å². The number of hydrogen-bond acceptors (Lipinski definition) is 4. The first-order valence-electron chi connectivity index (χ1n) is 10.6. The molecule has 1 aromatic rings. The van der Waals surface area contributed by atoms with Crippen molar-refractivity contribution in [1.82, 2.24) is 15.1 Å². The molecule has 7 heteroatoms. The Balaban J connectivity index is 0.00000300. The summed E-state index contributed by atoms with van der Waals surface area (Å²) in [4.78, 5) is 9.97. The zero-order chi connectivity index (χ0) is 19.8. The quantitative estimate of drug-likeness (QED) is 0.327. The first kappa shape index (κ1) is 24.2. The van der Waals surface area contributed by atoms with E-state index in [0.29, 0.717) is 12.0 Å². The second-order valence-electron chi connectivity index (χ2n) is 7.72. The van der Waals surface area contributed by atoms with Gasteiger partial charge in [0.05, 0.1) is 20.3 Å². The van der Waals surface area contributed by atoms with Crippen LogP contribution in [0.2, 0.25) is 0 Å². The summed E-state index contributed by atoms with van der Waals surface area (Å²) < 4.78 is 10.5. The van der Waals surface area contributed by atoms with Crippen molar-refractivity contribution in [1.29, 1.82) is 0 Å². The fourth-order valence-electron chi connectivity index (χ4n) is 4.32. The van der Waals surface area contributed by atoms with E-state index in [-0.39, 0.29) is 24.0 Å². The summed E-state index contributed by atoms with van der Waals surface area (Å²) in [6, 6.07) is 9.06. The molecule has 1 N–H and O–H groups in total. The second kappa shape index (κ2) is 12.6. The molecule has 0 saturated carbocycles. The molecule has 0 bridgehead atoms. The van der Waals surface area contributed by atoms with Crippen molar-refractivity contribution >= 4 is 29.9 Å². The summed E-state index contributed by atoms with van der Waals surface area (Å²) in [6.45, 7) is 8.98. The highest BCUT2D eigenvalue weighted by molar-refractivity contribution is 14.0. The van der Waals surface area contributed by atoms with Crippen LogP contribution >= 0.6 is 24.0 Å². The Morgan fingerprint density at radius 3 is 2.66 bits per heavy atom. The number of guanidine groups is 1. The lowest BCUT2D eigenvalue weighted by molar-refractivity contribution is 0.142. The van der Waals surface area contributed by atoms with E-state index >= 15 is 0 Å². The number of methoxy groups -OCH3 is 2. The minimum absolute atomic E-state index is 0. The predicted octanol–water partition coefficient (Wildman–Crippen LogP) is 3.18. The molecule has 1 aromatic carbocycles. The number of nitrogens with zero attached hydrogens (tertiary/aromatic N) is 3. The Morgan fingerprint density at radius 2 is 1.97 bits per heavy atom. The average Bonchev–Trinajstić information content (AvgIpc) is 3.39. The maximum Gasteiger partial charge on any atom is 0.193 e. The van der Waals surface area contributed by atoms with Gasteiger partial charge in [0, 0.05) is 45.2 Å². The van der Waals surface area contributed by atoms with Crippen LogP contribution in [0.1, 0.15) is 37.7 Å². The van der Waals surface area contributed by atoms with Crippen molar-refractivity contribution in [2.75, 3.05) is 60.1 Å². The van der Waals surface area contributed by atoms with Gasteiger partial charge in [0.15, 0.2) is 5.96 Å². The zero-order valence-corrected chi connectivity index (χ0v) is 20.4. The summed E-state index contributed by atoms with van der Waals surface area (Å²) in [5.74, 6) is 2.54. The molecule has 2 aliphatic rings. The van der Waals surface area contributed by atoms with Crippen LogP contribution in [0.15, 0.2) is 29.3 Å². The average molecular weight is 516 g/mol. The van der Waals surface area contributed by atoms with Gasteiger partial charge in [0.25, 0.3) is 0 Å². The first-order valence-corrected chi connectivity index (χ1v) is 10.6. The maximum absolute atomic E-state index is 5.29. The van der Waals surface area contributed by atoms with E-state index in [1.165, 1.54) is 31.4 Å². The molecule has 2 aliphatic heterocycles. The lowest BCUT2D eigenvalue weighted by atomic mass is 9.98. The third kappa shape index (κ3) is 6.72. The topological polar surface area (TPSA) is 49.3 Å². The van der Waals surface area contributed by atoms with Gasteiger partial charge in [-0.3, -0.25) is 9.89 Å². The molecule has 3 rings (SSSR count). The van der Waals surface area contributed by atoms with Crippen LogP contribution in [0.3, 0.4) is 0 Å². The van der Waals surface area contributed by atoms with Gasteiger partial charge in [-0.15, -0.1) is 24.0 Å². The number of ether oxygens (including phenoxy) is 2. The summed E-state index contributed by atoms with van der Waals surface area (Å²) in [6.07, 6.45) is 3.67. The largest absolute Gasteiger partial charge is 0.497 e. The summed E-state index contributed by atoms with van der Waals surface area (Å²) in [5.41, 5.74) is 1.39. The molecule has 164 valence electrons. The van der Waals surface area contributed by atoms with Gasteiger partial charge in [-0.2, -0.15) is 0 Å². The number of nitrogens with one attached hydrogen (secondary N) is 1. The van der Waals surface area contributed by atoms with Gasteiger partial charge in [-0.25, -0.2) is 0 Å². The molecular weight excluding hydrogens is 479 g/mol. The molecule has 0 radical (unpaired) electrons. The molecule has 2 unspecified atom stereocenters. The van der Waals surface area contributed by atoms with Gasteiger partial charge in [-0.1, -0.05) is 12.1 Å². The Hall–Kier alpha value is -1.06. The van der Waals surface area contributed by atoms with E-state index in [1.54, 1.807) is 14.2 Å². The zero-order valence-electron chi connectivity index (χ0n) is 18.1. The lowest BCUT2D eigenvalue weighted by Crippen LogP contribution is -2.41. The number of aliphatic imine (C=N–C) groups is 1. The van der Waals surface area contributed by atoms with E-state index in [1.807, 2.05) is 0 Å². The number of benzene rings is 1. The molecule has 0 aliphatic carbocycles. The van der Waals surface area contributed by atoms with Crippen molar-refractivity contribution in [2.24, 2.45) is 4.99 Å². The van der Waals surface area contributed by atoms with Crippen molar-refractivity contribution in [3.8, 4) is 5.75 Å². The van der Waals surface area contributed by atoms with Crippen molar-refractivity contribution in [3.05, 3.63) is 29.8 Å². The van der Waals surface area contributed by atoms with Crippen molar-refractivity contribution < 1.29 is 9.47 Å². The normalized spacial score (nSPS) is 22.6. The van der Waals surface area contributed by atoms with Gasteiger partial charge < -0.3 is 19.7 Å². The van der Waals surface area contributed by atoms with Crippen LogP contribution in [0.5, 0.6) is 5.75 Å². The Bertz CT molecular complexity index is 626. The third-order valence-corrected chi connectivity index (χ3v) is 5.94. The van der Waals surface area contributed by atoms with Crippen molar-refractivity contribution in [3.63, 3.8) is 0 Å². The summed E-state index contributed by atoms with van der Waals surface area (Å²) in [7, 11) is 3.49. The Kier molecular flexibility index (Phi) is 10.5. The predicted molar refractivity (Wildman–Crippen MR) is 130 cm³/mol. The molecule has 2 atom stereocenters. The Morgan fingerprint density at radius 1 is 1.17 bits per heavy atom. The highest BCUT2D eigenvalue weighted by Crippen LogP contribution is 2.28. The molecule has 2 saturated heterocycles. The maximum atomic E-state index is 5.29. The minimum atomic E-state index is 0. The monoisotopic (exact) mass is 516 g/mol. The number of likely N-dealkylation sites (tertiary alicyclic amines) is 2. The highest BCUT2D eigenvalue weighted by Gasteiger charge is 2.27. The fourth-order valence-corrected chi connectivity index (χ4v) is 4.32. The molecule has 0 spiro atoms. The van der Waals surface area contributed by atoms with Gasteiger partial charge in [-0.05, 0) is 50.4 Å². The molecule has 29 heavy (non-hydrogen) atoms. The molecular formula is C22H37IN4O2. The SMILES string of the molecule is CCNC(=NCC1CCCN1CCOC)N1CCC(c2ccc(OC)cc2)C1.I. The van der Waals surface area contributed by atoms with Crippen LogP contribution in [-0.4, -0.2) is 81.9 Å². The first-order chi connectivity index (χ1) is 13.7. The standard InChI is InChI=1S/C22H36N4O2.HI/c1-4-23-22(24-16-20-6-5-12-25(20)14-15-27-2)26-13-11-19(17-26)18-7-9-21(28-3)10-8-18;/h7-10,19-20H,4-6,11-17H2,1-3H3,(H,23,24);1H. The summed E-state index contributed by atoms with van der Waals surface area (Å²) in [5, 5.41) is 3.51. The number of rotatable bonds is 8. The second-order valence-corrected chi connectivity index (χ2v) is 7.72. The molecule has 0 amide bonds. The van der Waals surface area contributed by atoms with E-state index in [4.69, 9.17) is 14.5 Å². The third-order valence-electron chi connectivity index (χ3n) is 5.94. The lowest BCUT2D eigenvalue weighted by Gasteiger charge is -2.25. The van der Waals surface area contributed by atoms with Crippen LogP contribution in [0.4, 0.5) is 0 Å². The molecule has 2 heterocycles. The van der Waals surface area contributed by atoms with E-state index in [2.05, 4.69) is 46.3 Å².